The summed E-state index contributed by atoms with van der Waals surface area (Å²) in [4.78, 5) is 33.1. The number of amides is 1. The van der Waals surface area contributed by atoms with Crippen molar-refractivity contribution in [1.29, 1.82) is 0 Å². The van der Waals surface area contributed by atoms with Crippen LogP contribution in [0.1, 0.15) is 36.6 Å². The molecule has 0 fully saturated rings. The molecule has 4 aromatic carbocycles. The average Bonchev–Trinajstić information content (AvgIpc) is 3.38. The first-order valence-electron chi connectivity index (χ1n) is 15.4. The van der Waals surface area contributed by atoms with Gasteiger partial charge in [0.2, 0.25) is 0 Å². The molecule has 0 bridgehead atoms. The van der Waals surface area contributed by atoms with Gasteiger partial charge in [0, 0.05) is 5.69 Å². The summed E-state index contributed by atoms with van der Waals surface area (Å²) in [6.45, 7) is 6.90. The van der Waals surface area contributed by atoms with Crippen LogP contribution in [0.25, 0.3) is 6.08 Å². The lowest BCUT2D eigenvalue weighted by Crippen LogP contribution is -2.40. The zero-order chi connectivity index (χ0) is 32.8. The molecule has 1 aliphatic heterocycles. The van der Waals surface area contributed by atoms with Gasteiger partial charge in [-0.05, 0) is 73.9 Å². The summed E-state index contributed by atoms with van der Waals surface area (Å²) in [6.07, 6.45) is 1.82. The van der Waals surface area contributed by atoms with Crippen LogP contribution in [0.5, 0.6) is 17.2 Å². The number of nitrogens with one attached hydrogen (secondary N) is 1. The molecule has 5 aromatic rings. The molecule has 1 aliphatic rings. The summed E-state index contributed by atoms with van der Waals surface area (Å²) in [6, 6.07) is 31.6. The predicted molar refractivity (Wildman–Crippen MR) is 185 cm³/mol. The third-order valence-electron chi connectivity index (χ3n) is 7.67. The zero-order valence-electron chi connectivity index (χ0n) is 26.4. The highest BCUT2D eigenvalue weighted by Crippen LogP contribution is 2.31. The van der Waals surface area contributed by atoms with E-state index in [9.17, 15) is 9.59 Å². The summed E-state index contributed by atoms with van der Waals surface area (Å²) in [5.41, 5.74) is 4.08. The topological polar surface area (TPSA) is 91.2 Å². The van der Waals surface area contributed by atoms with Crippen LogP contribution in [0.4, 0.5) is 5.69 Å². The van der Waals surface area contributed by atoms with Crippen LogP contribution in [0.3, 0.4) is 0 Å². The lowest BCUT2D eigenvalue weighted by Gasteiger charge is -2.25. The number of para-hydroxylation sites is 2. The van der Waals surface area contributed by atoms with Crippen LogP contribution >= 0.6 is 11.3 Å². The van der Waals surface area contributed by atoms with Gasteiger partial charge in [0.1, 0.15) is 19.0 Å². The average molecular weight is 646 g/mol. The molecular formula is C38H35N3O5S. The van der Waals surface area contributed by atoms with Crippen molar-refractivity contribution in [1.82, 2.24) is 4.57 Å². The maximum atomic E-state index is 14.1. The Kier molecular flexibility index (Phi) is 9.64. The number of ether oxygens (including phenoxy) is 3. The molecule has 1 amide bonds. The normalized spacial score (nSPS) is 14.3. The van der Waals surface area contributed by atoms with Crippen LogP contribution < -0.4 is 34.4 Å². The van der Waals surface area contributed by atoms with Crippen molar-refractivity contribution in [2.24, 2.45) is 4.99 Å². The molecule has 0 spiro atoms. The third-order valence-corrected chi connectivity index (χ3v) is 8.65. The molecule has 238 valence electrons. The van der Waals surface area contributed by atoms with E-state index in [0.717, 1.165) is 22.4 Å². The van der Waals surface area contributed by atoms with Crippen LogP contribution in [0.15, 0.2) is 124 Å². The maximum absolute atomic E-state index is 14.1. The maximum Gasteiger partial charge on any atom is 0.271 e. The minimum Gasteiger partial charge on any atom is -0.490 e. The second-order valence-electron chi connectivity index (χ2n) is 10.9. The van der Waals surface area contributed by atoms with Crippen LogP contribution in [-0.2, 0) is 4.79 Å². The second-order valence-corrected chi connectivity index (χ2v) is 11.9. The Morgan fingerprint density at radius 3 is 2.26 bits per heavy atom. The number of hydrogen-bond acceptors (Lipinski definition) is 7. The van der Waals surface area contributed by atoms with Gasteiger partial charge < -0.3 is 19.5 Å². The number of allylic oxidation sites excluding steroid dienone is 1. The number of carbonyl (C=O) groups is 1. The largest absolute Gasteiger partial charge is 0.490 e. The molecule has 0 unspecified atom stereocenters. The third kappa shape index (κ3) is 7.05. The first-order chi connectivity index (χ1) is 22.9. The van der Waals surface area contributed by atoms with Crippen LogP contribution in [0, 0.1) is 6.92 Å². The molecule has 0 aliphatic carbocycles. The van der Waals surface area contributed by atoms with Crippen molar-refractivity contribution in [3.8, 4) is 17.2 Å². The summed E-state index contributed by atoms with van der Waals surface area (Å²) in [5, 5.41) is 2.98. The number of rotatable bonds is 11. The van der Waals surface area contributed by atoms with Gasteiger partial charge in [-0.1, -0.05) is 84.1 Å². The lowest BCUT2D eigenvalue weighted by atomic mass is 9.95. The highest BCUT2D eigenvalue weighted by molar-refractivity contribution is 7.07. The Morgan fingerprint density at radius 1 is 0.851 bits per heavy atom. The lowest BCUT2D eigenvalue weighted by molar-refractivity contribution is -0.113. The Labute approximate surface area is 276 Å². The summed E-state index contributed by atoms with van der Waals surface area (Å²) >= 11 is 1.29. The quantitative estimate of drug-likeness (QED) is 0.177. The zero-order valence-corrected chi connectivity index (χ0v) is 27.3. The van der Waals surface area contributed by atoms with Crippen LogP contribution in [0.2, 0.25) is 0 Å². The first kappa shape index (κ1) is 31.6. The Balaban J connectivity index is 1.30. The number of aryl methyl sites for hydroxylation is 1. The molecule has 9 heteroatoms. The number of aromatic nitrogens is 1. The first-order valence-corrected chi connectivity index (χ1v) is 16.3. The molecular weight excluding hydrogens is 611 g/mol. The molecule has 1 N–H and O–H groups in total. The van der Waals surface area contributed by atoms with E-state index in [1.807, 2.05) is 130 Å². The fourth-order valence-corrected chi connectivity index (χ4v) is 6.50. The van der Waals surface area contributed by atoms with E-state index in [4.69, 9.17) is 19.2 Å². The van der Waals surface area contributed by atoms with Gasteiger partial charge in [0.15, 0.2) is 16.3 Å². The fraction of sp³-hybridized carbons (Fsp3) is 0.184. The van der Waals surface area contributed by atoms with Crippen molar-refractivity contribution >= 4 is 29.0 Å². The molecule has 2 heterocycles. The van der Waals surface area contributed by atoms with Gasteiger partial charge >= 0.3 is 0 Å². The Morgan fingerprint density at radius 2 is 1.53 bits per heavy atom. The molecule has 0 saturated carbocycles. The summed E-state index contributed by atoms with van der Waals surface area (Å²) < 4.78 is 19.9. The smallest absolute Gasteiger partial charge is 0.271 e. The highest BCUT2D eigenvalue weighted by Gasteiger charge is 2.32. The van der Waals surface area contributed by atoms with Crippen molar-refractivity contribution in [2.75, 3.05) is 25.1 Å². The molecule has 47 heavy (non-hydrogen) atoms. The minimum absolute atomic E-state index is 0.230. The van der Waals surface area contributed by atoms with E-state index in [1.165, 1.54) is 11.3 Å². The van der Waals surface area contributed by atoms with Gasteiger partial charge in [0.05, 0.1) is 28.5 Å². The van der Waals surface area contributed by atoms with Gasteiger partial charge in [-0.2, -0.15) is 0 Å². The van der Waals surface area contributed by atoms with Gasteiger partial charge in [-0.25, -0.2) is 4.99 Å². The molecule has 0 saturated heterocycles. The van der Waals surface area contributed by atoms with Crippen molar-refractivity contribution in [3.05, 3.63) is 151 Å². The Bertz CT molecular complexity index is 2100. The van der Waals surface area contributed by atoms with E-state index in [2.05, 4.69) is 5.32 Å². The second kappa shape index (κ2) is 14.3. The number of benzene rings is 4. The molecule has 0 radical (unpaired) electrons. The summed E-state index contributed by atoms with van der Waals surface area (Å²) in [7, 11) is 0. The molecule has 6 rings (SSSR count). The molecule has 1 aromatic heterocycles. The number of nitrogens with zero attached hydrogens (tertiary/aromatic N) is 2. The van der Waals surface area contributed by atoms with Crippen molar-refractivity contribution in [3.63, 3.8) is 0 Å². The van der Waals surface area contributed by atoms with Gasteiger partial charge in [-0.3, -0.25) is 14.2 Å². The highest BCUT2D eigenvalue weighted by atomic mass is 32.1. The monoisotopic (exact) mass is 645 g/mol. The van der Waals surface area contributed by atoms with Gasteiger partial charge in [0.25, 0.3) is 11.5 Å². The van der Waals surface area contributed by atoms with E-state index < -0.39 is 6.04 Å². The van der Waals surface area contributed by atoms with Crippen molar-refractivity contribution < 1.29 is 19.0 Å². The SMILES string of the molecule is CCOc1cc(/C=c2\sc3n(c2=O)[C@@H](c2ccccc2)C(C(=O)Nc2ccccc2)=C(C)N=3)ccc1OCCOc1ccccc1C. The number of thiazole rings is 1. The Hall–Kier alpha value is -5.41. The fourth-order valence-electron chi connectivity index (χ4n) is 5.46. The number of anilines is 1. The predicted octanol–water partition coefficient (Wildman–Crippen LogP) is 6.04. The number of hydrogen-bond donors (Lipinski definition) is 1. The van der Waals surface area contributed by atoms with Gasteiger partial charge in [-0.15, -0.1) is 0 Å². The number of carbonyl (C=O) groups excluding carboxylic acids is 1. The van der Waals surface area contributed by atoms with E-state index >= 15 is 0 Å². The summed E-state index contributed by atoms with van der Waals surface area (Å²) in [5.74, 6) is 1.68. The van der Waals surface area contributed by atoms with Crippen molar-refractivity contribution in [2.45, 2.75) is 26.8 Å². The minimum atomic E-state index is -0.644. The number of fused-ring (bicyclic) bond motifs is 1. The van der Waals surface area contributed by atoms with E-state index in [-0.39, 0.29) is 11.5 Å². The molecule has 1 atom stereocenters. The standard InChI is InChI=1S/C38H35N3O5S/c1-4-44-32-23-27(19-20-31(32)46-22-21-45-30-18-12-11-13-25(30)2)24-33-37(43)41-35(28-14-7-5-8-15-28)34(26(3)39-38(41)47-33)36(42)40-29-16-9-6-10-17-29/h5-20,23-24,35H,4,21-22H2,1-3H3,(H,40,42)/b33-24-/t35-/m0/s1. The van der Waals surface area contributed by atoms with Crippen LogP contribution in [-0.4, -0.2) is 30.3 Å². The molecule has 8 nitrogen and oxygen atoms in total. The van der Waals surface area contributed by atoms with E-state index in [1.54, 1.807) is 4.57 Å². The van der Waals surface area contributed by atoms with E-state index in [0.29, 0.717) is 57.6 Å².